The van der Waals surface area contributed by atoms with Crippen LogP contribution in [0.15, 0.2) is 53.3 Å². The minimum absolute atomic E-state index is 0.0455. The molecule has 0 aliphatic heterocycles. The first-order chi connectivity index (χ1) is 11.1. The van der Waals surface area contributed by atoms with Gasteiger partial charge in [-0.1, -0.05) is 12.1 Å². The molecular weight excluding hydrogens is 296 g/mol. The molecule has 3 rings (SSSR count). The van der Waals surface area contributed by atoms with Gasteiger partial charge < -0.3 is 14.8 Å². The second-order valence-electron chi connectivity index (χ2n) is 5.05. The number of furan rings is 1. The number of carbonyl (C=O) groups is 2. The largest absolute Gasteiger partial charge is 0.481 e. The van der Waals surface area contributed by atoms with Crippen molar-refractivity contribution in [2.24, 2.45) is 0 Å². The molecule has 0 saturated carbocycles. The fraction of sp³-hybridized carbons (Fsp3) is 0.118. The average molecular weight is 310 g/mol. The minimum Gasteiger partial charge on any atom is -0.481 e. The van der Waals surface area contributed by atoms with E-state index in [0.29, 0.717) is 11.3 Å². The van der Waals surface area contributed by atoms with Crippen molar-refractivity contribution in [3.05, 3.63) is 48.9 Å². The lowest BCUT2D eigenvalue weighted by atomic mass is 10.1. The maximum atomic E-state index is 11.6. The molecule has 0 aliphatic carbocycles. The van der Waals surface area contributed by atoms with E-state index in [-0.39, 0.29) is 18.7 Å². The van der Waals surface area contributed by atoms with Gasteiger partial charge in [0.1, 0.15) is 5.52 Å². The quantitative estimate of drug-likeness (QED) is 0.754. The zero-order chi connectivity index (χ0) is 16.2. The predicted molar refractivity (Wildman–Crippen MR) is 84.9 cm³/mol. The van der Waals surface area contributed by atoms with E-state index in [2.05, 4.69) is 10.3 Å². The Morgan fingerprint density at radius 3 is 2.61 bits per heavy atom. The first-order valence-electron chi connectivity index (χ1n) is 7.07. The number of carboxylic acids is 1. The molecule has 6 heteroatoms. The third-order valence-corrected chi connectivity index (χ3v) is 3.37. The summed E-state index contributed by atoms with van der Waals surface area (Å²) in [6, 6.07) is 11.0. The molecule has 2 N–H and O–H groups in total. The van der Waals surface area contributed by atoms with Gasteiger partial charge in [-0.25, -0.2) is 0 Å². The average Bonchev–Trinajstić information content (AvgIpc) is 3.01. The van der Waals surface area contributed by atoms with E-state index in [0.717, 1.165) is 16.6 Å². The van der Waals surface area contributed by atoms with Gasteiger partial charge in [-0.05, 0) is 23.8 Å². The molecular formula is C17H14N2O4. The number of benzene rings is 1. The molecule has 1 amide bonds. The summed E-state index contributed by atoms with van der Waals surface area (Å²) < 4.78 is 5.34. The highest BCUT2D eigenvalue weighted by atomic mass is 16.4. The number of carboxylic acid groups (broad SMARTS) is 1. The first-order valence-corrected chi connectivity index (χ1v) is 7.07. The normalized spacial score (nSPS) is 10.6. The third kappa shape index (κ3) is 3.55. The Kier molecular flexibility index (Phi) is 4.05. The Labute approximate surface area is 131 Å². The summed E-state index contributed by atoms with van der Waals surface area (Å²) in [5.41, 5.74) is 4.00. The Morgan fingerprint density at radius 2 is 1.87 bits per heavy atom. The zero-order valence-corrected chi connectivity index (χ0v) is 12.2. The topological polar surface area (TPSA) is 92.4 Å². The molecule has 23 heavy (non-hydrogen) atoms. The van der Waals surface area contributed by atoms with Crippen molar-refractivity contribution in [1.29, 1.82) is 0 Å². The van der Waals surface area contributed by atoms with E-state index in [1.165, 1.54) is 0 Å². The van der Waals surface area contributed by atoms with Gasteiger partial charge in [0.15, 0.2) is 5.58 Å². The maximum Gasteiger partial charge on any atom is 0.303 e. The van der Waals surface area contributed by atoms with Crippen LogP contribution in [0.1, 0.15) is 12.8 Å². The Balaban J connectivity index is 1.71. The summed E-state index contributed by atoms with van der Waals surface area (Å²) in [4.78, 5) is 26.3. The number of carbonyl (C=O) groups excluding carboxylic acids is 1. The van der Waals surface area contributed by atoms with Crippen molar-refractivity contribution in [1.82, 2.24) is 4.98 Å². The molecule has 116 valence electrons. The fourth-order valence-corrected chi connectivity index (χ4v) is 2.19. The van der Waals surface area contributed by atoms with E-state index in [9.17, 15) is 9.59 Å². The molecule has 3 aromatic rings. The van der Waals surface area contributed by atoms with Gasteiger partial charge in [0.2, 0.25) is 5.91 Å². The summed E-state index contributed by atoms with van der Waals surface area (Å²) in [6.07, 6.45) is 3.13. The van der Waals surface area contributed by atoms with Crippen LogP contribution >= 0.6 is 0 Å². The van der Waals surface area contributed by atoms with Gasteiger partial charge in [0, 0.05) is 29.9 Å². The molecule has 0 saturated heterocycles. The predicted octanol–water partition coefficient (Wildman–Crippen LogP) is 3.30. The van der Waals surface area contributed by atoms with Crippen LogP contribution in [0.25, 0.3) is 22.2 Å². The van der Waals surface area contributed by atoms with Crippen molar-refractivity contribution >= 4 is 28.7 Å². The van der Waals surface area contributed by atoms with E-state index < -0.39 is 5.97 Å². The number of nitrogens with one attached hydrogen (secondary N) is 1. The van der Waals surface area contributed by atoms with Crippen LogP contribution in [0.3, 0.4) is 0 Å². The molecule has 2 heterocycles. The zero-order valence-electron chi connectivity index (χ0n) is 12.2. The molecule has 0 bridgehead atoms. The summed E-state index contributed by atoms with van der Waals surface area (Å²) >= 11 is 0. The van der Waals surface area contributed by atoms with Crippen LogP contribution < -0.4 is 5.32 Å². The van der Waals surface area contributed by atoms with Gasteiger partial charge in [-0.3, -0.25) is 14.6 Å². The van der Waals surface area contributed by atoms with Gasteiger partial charge in [0.05, 0.1) is 12.7 Å². The van der Waals surface area contributed by atoms with E-state index in [1.807, 2.05) is 18.2 Å². The fourth-order valence-electron chi connectivity index (χ4n) is 2.19. The Morgan fingerprint density at radius 1 is 1.09 bits per heavy atom. The molecule has 2 aromatic heterocycles. The van der Waals surface area contributed by atoms with Crippen molar-refractivity contribution in [2.75, 3.05) is 5.32 Å². The maximum absolute atomic E-state index is 11.6. The van der Waals surface area contributed by atoms with E-state index in [4.69, 9.17) is 9.52 Å². The number of hydrogen-bond donors (Lipinski definition) is 2. The van der Waals surface area contributed by atoms with Gasteiger partial charge >= 0.3 is 5.97 Å². The van der Waals surface area contributed by atoms with Crippen molar-refractivity contribution in [2.45, 2.75) is 12.8 Å². The summed E-state index contributed by atoms with van der Waals surface area (Å²) in [7, 11) is 0. The number of aliphatic carboxylic acids is 1. The van der Waals surface area contributed by atoms with Crippen LogP contribution in [0.2, 0.25) is 0 Å². The van der Waals surface area contributed by atoms with Crippen molar-refractivity contribution < 1.29 is 19.1 Å². The highest BCUT2D eigenvalue weighted by molar-refractivity contribution is 5.92. The van der Waals surface area contributed by atoms with Crippen LogP contribution in [0, 0.1) is 0 Å². The number of anilines is 1. The molecule has 0 unspecified atom stereocenters. The number of fused-ring (bicyclic) bond motifs is 1. The van der Waals surface area contributed by atoms with Gasteiger partial charge in [0.25, 0.3) is 0 Å². The Bertz CT molecular complexity index is 852. The smallest absolute Gasteiger partial charge is 0.303 e. The molecule has 1 aromatic carbocycles. The van der Waals surface area contributed by atoms with Crippen LogP contribution in [0.5, 0.6) is 0 Å². The van der Waals surface area contributed by atoms with Crippen LogP contribution in [-0.4, -0.2) is 22.0 Å². The highest BCUT2D eigenvalue weighted by Gasteiger charge is 2.07. The number of pyridine rings is 1. The van der Waals surface area contributed by atoms with E-state index >= 15 is 0 Å². The SMILES string of the molecule is O=C(O)CCC(=O)Nc1ccc(-c2cnc3ccoc3c2)cc1. The molecule has 0 radical (unpaired) electrons. The van der Waals surface area contributed by atoms with Gasteiger partial charge in [-0.15, -0.1) is 0 Å². The van der Waals surface area contributed by atoms with Gasteiger partial charge in [-0.2, -0.15) is 0 Å². The number of rotatable bonds is 5. The standard InChI is InChI=1S/C17H14N2O4/c20-16(5-6-17(21)22)19-13-3-1-11(2-4-13)12-9-15-14(18-10-12)7-8-23-15/h1-4,7-10H,5-6H2,(H,19,20)(H,21,22). The molecule has 0 fully saturated rings. The number of amides is 1. The summed E-state index contributed by atoms with van der Waals surface area (Å²) in [5.74, 6) is -1.31. The summed E-state index contributed by atoms with van der Waals surface area (Å²) in [6.45, 7) is 0. The molecule has 6 nitrogen and oxygen atoms in total. The third-order valence-electron chi connectivity index (χ3n) is 3.37. The number of nitrogens with zero attached hydrogens (tertiary/aromatic N) is 1. The Hall–Kier alpha value is -3.15. The number of hydrogen-bond acceptors (Lipinski definition) is 4. The molecule has 0 atom stereocenters. The van der Waals surface area contributed by atoms with Crippen LogP contribution in [0.4, 0.5) is 5.69 Å². The summed E-state index contributed by atoms with van der Waals surface area (Å²) in [5, 5.41) is 11.2. The van der Waals surface area contributed by atoms with E-state index in [1.54, 1.807) is 30.7 Å². The minimum atomic E-state index is -0.990. The lowest BCUT2D eigenvalue weighted by Gasteiger charge is -2.06. The lowest BCUT2D eigenvalue weighted by molar-refractivity contribution is -0.138. The first kappa shape index (κ1) is 14.8. The second-order valence-corrected chi connectivity index (χ2v) is 5.05. The van der Waals surface area contributed by atoms with Crippen LogP contribution in [-0.2, 0) is 9.59 Å². The second kappa shape index (κ2) is 6.31. The highest BCUT2D eigenvalue weighted by Crippen LogP contribution is 2.24. The monoisotopic (exact) mass is 310 g/mol. The molecule has 0 spiro atoms. The lowest BCUT2D eigenvalue weighted by Crippen LogP contribution is -2.13. The van der Waals surface area contributed by atoms with Crippen molar-refractivity contribution in [3.8, 4) is 11.1 Å². The van der Waals surface area contributed by atoms with Crippen molar-refractivity contribution in [3.63, 3.8) is 0 Å². The number of aromatic nitrogens is 1. The molecule has 0 aliphatic rings.